The van der Waals surface area contributed by atoms with Gasteiger partial charge in [-0.15, -0.1) is 11.3 Å². The van der Waals surface area contributed by atoms with Gasteiger partial charge in [0.25, 0.3) is 0 Å². The van der Waals surface area contributed by atoms with Gasteiger partial charge < -0.3 is 5.73 Å². The number of hydrogen-bond donors (Lipinski definition) is 1. The smallest absolute Gasteiger partial charge is 0.00915 e. The molecule has 1 aliphatic rings. The van der Waals surface area contributed by atoms with E-state index in [4.69, 9.17) is 5.73 Å². The molecule has 1 aliphatic carbocycles. The molecule has 1 fully saturated rings. The molecule has 2 heteroatoms. The summed E-state index contributed by atoms with van der Waals surface area (Å²) in [5, 5.41) is 2.17. The van der Waals surface area contributed by atoms with Crippen LogP contribution in [0.5, 0.6) is 0 Å². The SMILES string of the molecule is CC1CCC(C(CN)c2cccs2)CC1. The van der Waals surface area contributed by atoms with Crippen molar-refractivity contribution in [3.05, 3.63) is 22.4 Å². The van der Waals surface area contributed by atoms with Crippen LogP contribution in [0.2, 0.25) is 0 Å². The summed E-state index contributed by atoms with van der Waals surface area (Å²) >= 11 is 1.87. The van der Waals surface area contributed by atoms with Crippen molar-refractivity contribution in [2.75, 3.05) is 6.54 Å². The summed E-state index contributed by atoms with van der Waals surface area (Å²) < 4.78 is 0. The first-order valence-electron chi connectivity index (χ1n) is 6.04. The minimum absolute atomic E-state index is 0.623. The number of rotatable bonds is 3. The van der Waals surface area contributed by atoms with Crippen molar-refractivity contribution in [2.24, 2.45) is 17.6 Å². The first-order valence-corrected chi connectivity index (χ1v) is 6.92. The summed E-state index contributed by atoms with van der Waals surface area (Å²) in [5.41, 5.74) is 5.94. The van der Waals surface area contributed by atoms with E-state index < -0.39 is 0 Å². The van der Waals surface area contributed by atoms with Gasteiger partial charge in [0, 0.05) is 17.3 Å². The quantitative estimate of drug-likeness (QED) is 0.832. The molecule has 1 atom stereocenters. The Labute approximate surface area is 96.7 Å². The molecule has 1 aromatic heterocycles. The molecule has 15 heavy (non-hydrogen) atoms. The Kier molecular flexibility index (Phi) is 3.81. The van der Waals surface area contributed by atoms with Crippen molar-refractivity contribution in [3.8, 4) is 0 Å². The highest BCUT2D eigenvalue weighted by Crippen LogP contribution is 2.38. The van der Waals surface area contributed by atoms with Gasteiger partial charge in [-0.2, -0.15) is 0 Å². The Bertz CT molecular complexity index is 273. The Balaban J connectivity index is 2.01. The van der Waals surface area contributed by atoms with Gasteiger partial charge in [-0.25, -0.2) is 0 Å². The zero-order chi connectivity index (χ0) is 10.7. The van der Waals surface area contributed by atoms with Gasteiger partial charge in [0.1, 0.15) is 0 Å². The van der Waals surface area contributed by atoms with Crippen LogP contribution in [0.3, 0.4) is 0 Å². The molecule has 2 rings (SSSR count). The second-order valence-corrected chi connectivity index (χ2v) is 5.86. The molecule has 0 spiro atoms. The summed E-state index contributed by atoms with van der Waals surface area (Å²) in [5.74, 6) is 2.39. The average molecular weight is 223 g/mol. The Morgan fingerprint density at radius 2 is 2.13 bits per heavy atom. The van der Waals surface area contributed by atoms with E-state index in [-0.39, 0.29) is 0 Å². The first-order chi connectivity index (χ1) is 7.31. The van der Waals surface area contributed by atoms with Crippen LogP contribution in [0.15, 0.2) is 17.5 Å². The molecular formula is C13H21NS. The molecule has 1 aromatic rings. The molecule has 0 aliphatic heterocycles. The van der Waals surface area contributed by atoms with E-state index >= 15 is 0 Å². The predicted octanol–water partition coefficient (Wildman–Crippen LogP) is 3.62. The second kappa shape index (κ2) is 5.13. The van der Waals surface area contributed by atoms with Crippen molar-refractivity contribution in [1.29, 1.82) is 0 Å². The van der Waals surface area contributed by atoms with E-state index in [1.54, 1.807) is 0 Å². The molecule has 1 saturated carbocycles. The molecule has 1 nitrogen and oxygen atoms in total. The second-order valence-electron chi connectivity index (χ2n) is 4.88. The average Bonchev–Trinajstić information content (AvgIpc) is 2.75. The molecule has 84 valence electrons. The van der Waals surface area contributed by atoms with E-state index in [2.05, 4.69) is 24.4 Å². The van der Waals surface area contributed by atoms with Crippen LogP contribution < -0.4 is 5.73 Å². The summed E-state index contributed by atoms with van der Waals surface area (Å²) in [6.45, 7) is 3.19. The molecule has 1 heterocycles. The predicted molar refractivity (Wildman–Crippen MR) is 67.2 cm³/mol. The zero-order valence-electron chi connectivity index (χ0n) is 9.49. The van der Waals surface area contributed by atoms with Crippen LogP contribution in [-0.4, -0.2) is 6.54 Å². The van der Waals surface area contributed by atoms with Crippen LogP contribution >= 0.6 is 11.3 Å². The summed E-state index contributed by atoms with van der Waals surface area (Å²) in [4.78, 5) is 1.50. The van der Waals surface area contributed by atoms with Gasteiger partial charge >= 0.3 is 0 Å². The number of thiophene rings is 1. The van der Waals surface area contributed by atoms with Crippen molar-refractivity contribution < 1.29 is 0 Å². The standard InChI is InChI=1S/C13H21NS/c1-10-4-6-11(7-5-10)12(9-14)13-3-2-8-15-13/h2-3,8,10-12H,4-7,9,14H2,1H3. The summed E-state index contributed by atoms with van der Waals surface area (Å²) in [7, 11) is 0. The van der Waals surface area contributed by atoms with E-state index in [9.17, 15) is 0 Å². The lowest BCUT2D eigenvalue weighted by Crippen LogP contribution is -2.24. The molecule has 2 N–H and O–H groups in total. The van der Waals surface area contributed by atoms with Gasteiger partial charge in [-0.05, 0) is 36.1 Å². The van der Waals surface area contributed by atoms with Crippen molar-refractivity contribution in [2.45, 2.75) is 38.5 Å². The number of nitrogens with two attached hydrogens (primary N) is 1. The fraction of sp³-hybridized carbons (Fsp3) is 0.692. The maximum Gasteiger partial charge on any atom is 0.00915 e. The zero-order valence-corrected chi connectivity index (χ0v) is 10.3. The third-order valence-corrected chi connectivity index (χ3v) is 4.80. The van der Waals surface area contributed by atoms with Crippen molar-refractivity contribution in [1.82, 2.24) is 0 Å². The molecule has 0 radical (unpaired) electrons. The Morgan fingerprint density at radius 1 is 1.40 bits per heavy atom. The van der Waals surface area contributed by atoms with Gasteiger partial charge in [-0.1, -0.05) is 25.8 Å². The summed E-state index contributed by atoms with van der Waals surface area (Å²) in [6, 6.07) is 4.40. The first kappa shape index (κ1) is 11.2. The lowest BCUT2D eigenvalue weighted by atomic mass is 9.76. The van der Waals surface area contributed by atoms with Crippen LogP contribution in [0.1, 0.15) is 43.4 Å². The lowest BCUT2D eigenvalue weighted by Gasteiger charge is -2.31. The maximum atomic E-state index is 5.94. The highest BCUT2D eigenvalue weighted by Gasteiger charge is 2.26. The summed E-state index contributed by atoms with van der Waals surface area (Å²) in [6.07, 6.45) is 5.54. The molecule has 0 bridgehead atoms. The topological polar surface area (TPSA) is 26.0 Å². The minimum atomic E-state index is 0.623. The van der Waals surface area contributed by atoms with E-state index in [0.29, 0.717) is 5.92 Å². The van der Waals surface area contributed by atoms with Gasteiger partial charge in [0.2, 0.25) is 0 Å². The fourth-order valence-electron chi connectivity index (χ4n) is 2.73. The van der Waals surface area contributed by atoms with E-state index in [0.717, 1.165) is 18.4 Å². The van der Waals surface area contributed by atoms with Gasteiger partial charge in [0.05, 0.1) is 0 Å². The molecule has 0 saturated heterocycles. The minimum Gasteiger partial charge on any atom is -0.330 e. The van der Waals surface area contributed by atoms with Crippen molar-refractivity contribution in [3.63, 3.8) is 0 Å². The van der Waals surface area contributed by atoms with Gasteiger partial charge in [-0.3, -0.25) is 0 Å². The number of hydrogen-bond acceptors (Lipinski definition) is 2. The third kappa shape index (κ3) is 2.61. The van der Waals surface area contributed by atoms with Crippen LogP contribution in [0, 0.1) is 11.8 Å². The normalized spacial score (nSPS) is 28.9. The lowest BCUT2D eigenvalue weighted by molar-refractivity contribution is 0.257. The largest absolute Gasteiger partial charge is 0.330 e. The third-order valence-electron chi connectivity index (χ3n) is 3.79. The highest BCUT2D eigenvalue weighted by molar-refractivity contribution is 7.10. The van der Waals surface area contributed by atoms with Gasteiger partial charge in [0.15, 0.2) is 0 Å². The highest BCUT2D eigenvalue weighted by atomic mass is 32.1. The maximum absolute atomic E-state index is 5.94. The molecular weight excluding hydrogens is 202 g/mol. The van der Waals surface area contributed by atoms with Crippen LogP contribution in [0.4, 0.5) is 0 Å². The Hall–Kier alpha value is -0.340. The van der Waals surface area contributed by atoms with E-state index in [1.807, 2.05) is 11.3 Å². The van der Waals surface area contributed by atoms with E-state index in [1.165, 1.54) is 30.6 Å². The fourth-order valence-corrected chi connectivity index (χ4v) is 3.67. The monoisotopic (exact) mass is 223 g/mol. The van der Waals surface area contributed by atoms with Crippen LogP contribution in [-0.2, 0) is 0 Å². The molecule has 0 amide bonds. The molecule has 0 aromatic carbocycles. The van der Waals surface area contributed by atoms with Crippen molar-refractivity contribution >= 4 is 11.3 Å². The Morgan fingerprint density at radius 3 is 2.67 bits per heavy atom. The molecule has 1 unspecified atom stereocenters. The van der Waals surface area contributed by atoms with Crippen LogP contribution in [0.25, 0.3) is 0 Å².